The van der Waals surface area contributed by atoms with Gasteiger partial charge >= 0.3 is 6.09 Å². The van der Waals surface area contributed by atoms with Crippen LogP contribution in [-0.4, -0.2) is 77.9 Å². The summed E-state index contributed by atoms with van der Waals surface area (Å²) >= 11 is 0. The Balaban J connectivity index is 1.70. The van der Waals surface area contributed by atoms with Gasteiger partial charge in [0.2, 0.25) is 12.3 Å². The lowest BCUT2D eigenvalue weighted by Crippen LogP contribution is -2.54. The van der Waals surface area contributed by atoms with Crippen molar-refractivity contribution in [2.24, 2.45) is 17.3 Å². The minimum Gasteiger partial charge on any atom is -0.443 e. The Hall–Kier alpha value is -2.20. The van der Waals surface area contributed by atoms with Crippen molar-refractivity contribution in [3.05, 3.63) is 0 Å². The molecule has 1 saturated carbocycles. The van der Waals surface area contributed by atoms with E-state index in [1.165, 1.54) is 4.90 Å². The summed E-state index contributed by atoms with van der Waals surface area (Å²) in [6.45, 7) is 4.83. The summed E-state index contributed by atoms with van der Waals surface area (Å²) in [4.78, 5) is 51.3. The van der Waals surface area contributed by atoms with E-state index in [1.54, 1.807) is 0 Å². The molecule has 2 saturated heterocycles. The van der Waals surface area contributed by atoms with Gasteiger partial charge in [-0.3, -0.25) is 24.9 Å². The van der Waals surface area contributed by atoms with Gasteiger partial charge in [-0.1, -0.05) is 39.5 Å². The number of carbonyl (C=O) groups excluding carboxylic acids is 4. The van der Waals surface area contributed by atoms with Crippen molar-refractivity contribution in [1.29, 1.82) is 0 Å². The second kappa shape index (κ2) is 10.6. The molecule has 10 nitrogen and oxygen atoms in total. The summed E-state index contributed by atoms with van der Waals surface area (Å²) in [7, 11) is 0. The van der Waals surface area contributed by atoms with E-state index < -0.39 is 29.4 Å². The van der Waals surface area contributed by atoms with Gasteiger partial charge in [-0.2, -0.15) is 0 Å². The monoisotopic (exact) mass is 453 g/mol. The highest BCUT2D eigenvalue weighted by Gasteiger charge is 2.49. The summed E-state index contributed by atoms with van der Waals surface area (Å²) in [6.07, 6.45) is 5.04. The first-order valence-corrected chi connectivity index (χ1v) is 11.5. The van der Waals surface area contributed by atoms with Crippen molar-refractivity contribution >= 4 is 24.3 Å². The van der Waals surface area contributed by atoms with Crippen LogP contribution in [0.3, 0.4) is 0 Å². The van der Waals surface area contributed by atoms with Crippen molar-refractivity contribution in [2.75, 3.05) is 26.3 Å². The highest BCUT2D eigenvalue weighted by molar-refractivity contribution is 5.98. The van der Waals surface area contributed by atoms with Crippen LogP contribution in [0.2, 0.25) is 0 Å². The fourth-order valence-electron chi connectivity index (χ4n) is 5.19. The average Bonchev–Trinajstić information content (AvgIpc) is 3.48. The predicted octanol–water partition coefficient (Wildman–Crippen LogP) is 1.70. The van der Waals surface area contributed by atoms with Gasteiger partial charge in [0.1, 0.15) is 12.1 Å². The van der Waals surface area contributed by atoms with Crippen LogP contribution in [0.5, 0.6) is 0 Å². The summed E-state index contributed by atoms with van der Waals surface area (Å²) in [5, 5.41) is 12.6. The van der Waals surface area contributed by atoms with Crippen molar-refractivity contribution in [2.45, 2.75) is 70.9 Å². The molecule has 2 aliphatic heterocycles. The lowest BCUT2D eigenvalue weighted by molar-refractivity contribution is -0.159. The smallest absolute Gasteiger partial charge is 0.414 e. The molecule has 1 aliphatic carbocycles. The number of alkyl carbamates (subject to hydrolysis) is 1. The molecule has 0 radical (unpaired) electrons. The molecular weight excluding hydrogens is 418 g/mol. The minimum absolute atomic E-state index is 0.117. The third kappa shape index (κ3) is 5.98. The first-order chi connectivity index (χ1) is 15.2. The zero-order chi connectivity index (χ0) is 23.3. The van der Waals surface area contributed by atoms with Crippen LogP contribution in [0.1, 0.15) is 58.8 Å². The third-order valence-electron chi connectivity index (χ3n) is 6.94. The molecular formula is C22H35N3O7. The van der Waals surface area contributed by atoms with Crippen LogP contribution in [-0.2, 0) is 23.9 Å². The molecule has 3 atom stereocenters. The molecule has 4 amide bonds. The molecule has 0 aromatic heterocycles. The van der Waals surface area contributed by atoms with Crippen LogP contribution in [0.15, 0.2) is 0 Å². The topological polar surface area (TPSA) is 125 Å². The number of hydrogen-bond acceptors (Lipinski definition) is 7. The molecule has 3 fully saturated rings. The maximum Gasteiger partial charge on any atom is 0.414 e. The van der Waals surface area contributed by atoms with Gasteiger partial charge in [-0.05, 0) is 24.2 Å². The van der Waals surface area contributed by atoms with E-state index in [9.17, 15) is 24.4 Å². The normalized spacial score (nSPS) is 26.0. The first kappa shape index (κ1) is 24.4. The molecule has 0 aromatic rings. The number of nitrogens with zero attached hydrogens (tertiary/aromatic N) is 2. The molecule has 0 aromatic carbocycles. The van der Waals surface area contributed by atoms with Gasteiger partial charge in [0, 0.05) is 13.0 Å². The quantitative estimate of drug-likeness (QED) is 0.325. The summed E-state index contributed by atoms with van der Waals surface area (Å²) in [6, 6.07) is -0.850. The third-order valence-corrected chi connectivity index (χ3v) is 6.94. The van der Waals surface area contributed by atoms with Crippen LogP contribution < -0.4 is 5.32 Å². The highest BCUT2D eigenvalue weighted by Crippen LogP contribution is 2.38. The number of hydroxylamine groups is 2. The highest BCUT2D eigenvalue weighted by atomic mass is 16.6. The summed E-state index contributed by atoms with van der Waals surface area (Å²) in [5.74, 6) is -1.11. The predicted molar refractivity (Wildman–Crippen MR) is 112 cm³/mol. The molecule has 0 spiro atoms. The van der Waals surface area contributed by atoms with E-state index in [2.05, 4.69) is 5.32 Å². The second-order valence-electron chi connectivity index (χ2n) is 9.86. The Labute approximate surface area is 188 Å². The van der Waals surface area contributed by atoms with E-state index in [0.717, 1.165) is 25.7 Å². The number of likely N-dealkylation sites (tertiary alicyclic amines) is 1. The zero-order valence-corrected chi connectivity index (χ0v) is 19.0. The Bertz CT molecular complexity index is 702. The summed E-state index contributed by atoms with van der Waals surface area (Å²) in [5.41, 5.74) is -0.544. The van der Waals surface area contributed by atoms with Gasteiger partial charge in [0.05, 0.1) is 25.7 Å². The SMILES string of the molecule is CC1(C)CCN(C(=O)[C@H](CC2CCCC2)CN(O)C=O)[C@@H]1C(=O)NC(=O)OC1CCOC1. The van der Waals surface area contributed by atoms with Crippen LogP contribution in [0, 0.1) is 17.3 Å². The van der Waals surface area contributed by atoms with Crippen LogP contribution in [0.25, 0.3) is 0 Å². The molecule has 0 bridgehead atoms. The number of nitrogens with one attached hydrogen (secondary N) is 1. The Kier molecular flexibility index (Phi) is 8.10. The largest absolute Gasteiger partial charge is 0.443 e. The molecule has 10 heteroatoms. The van der Waals surface area contributed by atoms with Crippen molar-refractivity contribution in [3.63, 3.8) is 0 Å². The van der Waals surface area contributed by atoms with E-state index in [4.69, 9.17) is 9.47 Å². The number of imide groups is 1. The van der Waals surface area contributed by atoms with E-state index in [-0.39, 0.29) is 25.0 Å². The number of carbonyl (C=O) groups is 4. The number of ether oxygens (including phenoxy) is 2. The maximum absolute atomic E-state index is 13.5. The second-order valence-corrected chi connectivity index (χ2v) is 9.86. The summed E-state index contributed by atoms with van der Waals surface area (Å²) < 4.78 is 10.4. The molecule has 3 aliphatic rings. The maximum atomic E-state index is 13.5. The van der Waals surface area contributed by atoms with Gasteiger partial charge in [0.25, 0.3) is 5.91 Å². The fourth-order valence-corrected chi connectivity index (χ4v) is 5.19. The minimum atomic E-state index is -0.850. The van der Waals surface area contributed by atoms with Crippen molar-refractivity contribution < 1.29 is 33.9 Å². The van der Waals surface area contributed by atoms with Crippen LogP contribution in [0.4, 0.5) is 4.79 Å². The van der Waals surface area contributed by atoms with Crippen molar-refractivity contribution in [3.8, 4) is 0 Å². The Morgan fingerprint density at radius 1 is 1.28 bits per heavy atom. The average molecular weight is 454 g/mol. The van der Waals surface area contributed by atoms with E-state index >= 15 is 0 Å². The Morgan fingerprint density at radius 3 is 2.62 bits per heavy atom. The van der Waals surface area contributed by atoms with Gasteiger partial charge in [-0.25, -0.2) is 9.86 Å². The molecule has 2 N–H and O–H groups in total. The standard InChI is InChI=1S/C22H35N3O7/c1-22(2)8-9-25(18(22)19(27)23-21(29)32-17-7-10-31-13-17)20(28)16(12-24(30)14-26)11-15-5-3-4-6-15/h14-18,30H,3-13H2,1-2H3,(H,23,27,29)/t16-,17?,18-/m1/s1. The van der Waals surface area contributed by atoms with Crippen LogP contribution >= 0.6 is 0 Å². The van der Waals surface area contributed by atoms with E-state index in [1.807, 2.05) is 13.8 Å². The molecule has 1 unspecified atom stereocenters. The fraction of sp³-hybridized carbons (Fsp3) is 0.818. The molecule has 32 heavy (non-hydrogen) atoms. The number of hydrogen-bond donors (Lipinski definition) is 2. The van der Waals surface area contributed by atoms with E-state index in [0.29, 0.717) is 50.0 Å². The lowest BCUT2D eigenvalue weighted by Gasteiger charge is -2.34. The van der Waals surface area contributed by atoms with Gasteiger partial charge in [-0.15, -0.1) is 0 Å². The lowest BCUT2D eigenvalue weighted by atomic mass is 9.83. The molecule has 3 rings (SSSR count). The zero-order valence-electron chi connectivity index (χ0n) is 19.0. The first-order valence-electron chi connectivity index (χ1n) is 11.5. The van der Waals surface area contributed by atoms with Gasteiger partial charge in [0.15, 0.2) is 0 Å². The molecule has 2 heterocycles. The number of amides is 4. The Morgan fingerprint density at radius 2 is 2.00 bits per heavy atom. The molecule has 180 valence electrons. The van der Waals surface area contributed by atoms with Gasteiger partial charge < -0.3 is 14.4 Å². The van der Waals surface area contributed by atoms with Crippen molar-refractivity contribution in [1.82, 2.24) is 15.3 Å². The number of rotatable bonds is 8.